The van der Waals surface area contributed by atoms with Gasteiger partial charge in [-0.15, -0.1) is 0 Å². The maximum atomic E-state index is 11.2. The number of nitrogen functional groups attached to an aromatic ring is 1. The van der Waals surface area contributed by atoms with Crippen molar-refractivity contribution in [2.24, 2.45) is 0 Å². The molecule has 2 aromatic rings. The van der Waals surface area contributed by atoms with Gasteiger partial charge in [-0.25, -0.2) is 9.78 Å². The maximum absolute atomic E-state index is 11.2. The van der Waals surface area contributed by atoms with E-state index >= 15 is 0 Å². The summed E-state index contributed by atoms with van der Waals surface area (Å²) in [6.07, 6.45) is 1.21. The van der Waals surface area contributed by atoms with Gasteiger partial charge in [-0.1, -0.05) is 0 Å². The predicted octanol–water partition coefficient (Wildman–Crippen LogP) is 0.255. The minimum Gasteiger partial charge on any atom is -0.475 e. The van der Waals surface area contributed by atoms with E-state index in [-0.39, 0.29) is 23.8 Å². The molecule has 94 valence electrons. The highest BCUT2D eigenvalue weighted by atomic mass is 16.4. The Morgan fingerprint density at radius 2 is 2.33 bits per heavy atom. The van der Waals surface area contributed by atoms with Crippen molar-refractivity contribution >= 4 is 17.5 Å². The van der Waals surface area contributed by atoms with Crippen LogP contribution in [0.2, 0.25) is 0 Å². The summed E-state index contributed by atoms with van der Waals surface area (Å²) in [5, 5.41) is 11.5. The van der Waals surface area contributed by atoms with E-state index in [2.05, 4.69) is 15.3 Å². The lowest BCUT2D eigenvalue weighted by Gasteiger charge is -2.04. The first-order valence-corrected chi connectivity index (χ1v) is 4.97. The molecule has 0 amide bonds. The summed E-state index contributed by atoms with van der Waals surface area (Å²) in [7, 11) is 0. The Balaban J connectivity index is 2.09. The van der Waals surface area contributed by atoms with Gasteiger partial charge in [-0.3, -0.25) is 4.79 Å². The molecule has 5 N–H and O–H groups in total. The van der Waals surface area contributed by atoms with Crippen LogP contribution in [0.15, 0.2) is 27.7 Å². The van der Waals surface area contributed by atoms with E-state index in [4.69, 9.17) is 15.3 Å². The Hall–Kier alpha value is -2.77. The second-order valence-corrected chi connectivity index (χ2v) is 3.42. The first kappa shape index (κ1) is 11.7. The van der Waals surface area contributed by atoms with Crippen molar-refractivity contribution in [3.8, 4) is 0 Å². The number of nitrogens with one attached hydrogen (secondary N) is 2. The molecule has 0 radical (unpaired) electrons. The lowest BCUT2D eigenvalue weighted by atomic mass is 10.4. The molecule has 18 heavy (non-hydrogen) atoms. The first-order chi connectivity index (χ1) is 8.58. The molecule has 0 saturated carbocycles. The summed E-state index contributed by atoms with van der Waals surface area (Å²) >= 11 is 0. The molecule has 0 atom stereocenters. The van der Waals surface area contributed by atoms with Crippen LogP contribution in [0, 0.1) is 0 Å². The fourth-order valence-corrected chi connectivity index (χ4v) is 1.31. The number of carbonyl (C=O) groups is 1. The summed E-state index contributed by atoms with van der Waals surface area (Å²) < 4.78 is 5.02. The molecular weight excluding hydrogens is 240 g/mol. The van der Waals surface area contributed by atoms with Crippen LogP contribution in [0.3, 0.4) is 0 Å². The lowest BCUT2D eigenvalue weighted by Crippen LogP contribution is -2.16. The van der Waals surface area contributed by atoms with Crippen LogP contribution in [0.4, 0.5) is 11.5 Å². The van der Waals surface area contributed by atoms with E-state index in [9.17, 15) is 9.59 Å². The van der Waals surface area contributed by atoms with Gasteiger partial charge in [0, 0.05) is 0 Å². The molecule has 2 heterocycles. The molecule has 8 heteroatoms. The van der Waals surface area contributed by atoms with Crippen molar-refractivity contribution in [2.45, 2.75) is 6.54 Å². The third-order valence-corrected chi connectivity index (χ3v) is 2.19. The third kappa shape index (κ3) is 2.32. The molecule has 0 saturated heterocycles. The Morgan fingerprint density at radius 1 is 1.56 bits per heavy atom. The lowest BCUT2D eigenvalue weighted by molar-refractivity contribution is 0.0660. The van der Waals surface area contributed by atoms with Gasteiger partial charge >= 0.3 is 5.97 Å². The second-order valence-electron chi connectivity index (χ2n) is 3.42. The zero-order chi connectivity index (χ0) is 13.1. The van der Waals surface area contributed by atoms with Crippen molar-refractivity contribution < 1.29 is 14.3 Å². The number of aromatic carboxylic acids is 1. The summed E-state index contributed by atoms with van der Waals surface area (Å²) in [6.45, 7) is 0.175. The zero-order valence-corrected chi connectivity index (χ0v) is 9.14. The van der Waals surface area contributed by atoms with Crippen LogP contribution < -0.4 is 16.6 Å². The number of carboxylic acid groups (broad SMARTS) is 1. The van der Waals surface area contributed by atoms with Crippen LogP contribution >= 0.6 is 0 Å². The monoisotopic (exact) mass is 250 g/mol. The predicted molar refractivity (Wildman–Crippen MR) is 62.3 cm³/mol. The molecular formula is C10H10N4O4. The van der Waals surface area contributed by atoms with Gasteiger partial charge in [-0.2, -0.15) is 0 Å². The van der Waals surface area contributed by atoms with Crippen LogP contribution in [0.1, 0.15) is 16.3 Å². The molecule has 0 aliphatic carbocycles. The highest BCUT2D eigenvalue weighted by Gasteiger charge is 2.09. The minimum absolute atomic E-state index is 0.0393. The van der Waals surface area contributed by atoms with E-state index in [0.717, 1.165) is 0 Å². The van der Waals surface area contributed by atoms with E-state index in [1.54, 1.807) is 0 Å². The number of anilines is 2. The quantitative estimate of drug-likeness (QED) is 0.611. The zero-order valence-electron chi connectivity index (χ0n) is 9.14. The van der Waals surface area contributed by atoms with Gasteiger partial charge in [0.05, 0.1) is 12.9 Å². The molecule has 2 rings (SSSR count). The number of nitrogens with two attached hydrogens (primary N) is 1. The molecule has 0 aromatic carbocycles. The fourth-order valence-electron chi connectivity index (χ4n) is 1.31. The number of hydrogen-bond acceptors (Lipinski definition) is 6. The molecule has 0 bridgehead atoms. The average molecular weight is 250 g/mol. The van der Waals surface area contributed by atoms with Crippen molar-refractivity contribution in [2.75, 3.05) is 11.1 Å². The summed E-state index contributed by atoms with van der Waals surface area (Å²) in [5.74, 6) is -0.686. The van der Waals surface area contributed by atoms with Crippen molar-refractivity contribution in [3.05, 3.63) is 40.3 Å². The van der Waals surface area contributed by atoms with Gasteiger partial charge in [0.15, 0.2) is 5.82 Å². The molecule has 0 spiro atoms. The van der Waals surface area contributed by atoms with Crippen LogP contribution in [0.25, 0.3) is 0 Å². The summed E-state index contributed by atoms with van der Waals surface area (Å²) in [4.78, 5) is 27.9. The second kappa shape index (κ2) is 4.62. The average Bonchev–Trinajstić information content (AvgIpc) is 2.80. The van der Waals surface area contributed by atoms with E-state index in [1.807, 2.05) is 0 Å². The molecule has 2 aromatic heterocycles. The Kier molecular flexibility index (Phi) is 3.00. The Labute approximate surface area is 100 Å². The number of aromatic nitrogens is 2. The number of nitrogens with zero attached hydrogens (tertiary/aromatic N) is 1. The molecule has 0 unspecified atom stereocenters. The van der Waals surface area contributed by atoms with Crippen molar-refractivity contribution in [1.29, 1.82) is 0 Å². The van der Waals surface area contributed by atoms with Gasteiger partial charge in [-0.05, 0) is 12.1 Å². The van der Waals surface area contributed by atoms with Crippen molar-refractivity contribution in [3.63, 3.8) is 0 Å². The number of aromatic amines is 1. The maximum Gasteiger partial charge on any atom is 0.371 e. The molecule has 8 nitrogen and oxygen atoms in total. The van der Waals surface area contributed by atoms with E-state index in [0.29, 0.717) is 5.76 Å². The van der Waals surface area contributed by atoms with E-state index in [1.165, 1.54) is 18.5 Å². The molecule has 0 aliphatic rings. The number of furan rings is 1. The minimum atomic E-state index is -1.14. The van der Waals surface area contributed by atoms with Gasteiger partial charge < -0.3 is 25.6 Å². The Morgan fingerprint density at radius 3 is 3.00 bits per heavy atom. The fraction of sp³-hybridized carbons (Fsp3) is 0.100. The highest BCUT2D eigenvalue weighted by molar-refractivity contribution is 5.84. The molecule has 0 fully saturated rings. The normalized spacial score (nSPS) is 10.2. The van der Waals surface area contributed by atoms with Gasteiger partial charge in [0.1, 0.15) is 11.4 Å². The van der Waals surface area contributed by atoms with Crippen LogP contribution in [-0.2, 0) is 6.54 Å². The van der Waals surface area contributed by atoms with Crippen molar-refractivity contribution in [1.82, 2.24) is 9.97 Å². The highest BCUT2D eigenvalue weighted by Crippen LogP contribution is 2.12. The number of rotatable bonds is 4. The van der Waals surface area contributed by atoms with Crippen LogP contribution in [0.5, 0.6) is 0 Å². The first-order valence-electron chi connectivity index (χ1n) is 4.97. The van der Waals surface area contributed by atoms with Crippen LogP contribution in [-0.4, -0.2) is 21.0 Å². The van der Waals surface area contributed by atoms with Gasteiger partial charge in [0.25, 0.3) is 5.56 Å². The number of H-pyrrole nitrogens is 1. The van der Waals surface area contributed by atoms with Gasteiger partial charge in [0.2, 0.25) is 5.76 Å². The third-order valence-electron chi connectivity index (χ3n) is 2.19. The van der Waals surface area contributed by atoms with E-state index < -0.39 is 11.5 Å². The standard InChI is InChI=1S/C10H10N4O4/c11-7-8(13-4-14-9(7)15)12-3-5-1-2-6(18-5)10(16)17/h1-2,4H,3,11H2,(H,16,17)(H2,12,13,14,15). The largest absolute Gasteiger partial charge is 0.475 e. The Bertz CT molecular complexity index is 631. The topological polar surface area (TPSA) is 134 Å². The number of carboxylic acids is 1. The summed E-state index contributed by atoms with van der Waals surface area (Å²) in [6, 6.07) is 2.85. The summed E-state index contributed by atoms with van der Waals surface area (Å²) in [5.41, 5.74) is 5.02. The smallest absolute Gasteiger partial charge is 0.371 e. The SMILES string of the molecule is Nc1c(NCc2ccc(C(=O)O)o2)nc[nH]c1=O. The molecule has 0 aliphatic heterocycles. The number of hydrogen-bond donors (Lipinski definition) is 4.